The molecule has 536 valence electrons. The summed E-state index contributed by atoms with van der Waals surface area (Å²) in [6.07, 6.45) is 5.90. The Kier molecular flexibility index (Phi) is 26.0. The Morgan fingerprint density at radius 1 is 0.720 bits per heavy atom. The number of rotatable bonds is 14. The van der Waals surface area contributed by atoms with E-state index in [-0.39, 0.29) is 88.5 Å². The third-order valence-electron chi connectivity index (χ3n) is 19.4. The van der Waals surface area contributed by atoms with Gasteiger partial charge in [0.25, 0.3) is 0 Å². The van der Waals surface area contributed by atoms with Crippen LogP contribution in [0.1, 0.15) is 132 Å². The molecule has 8 N–H and O–H groups in total. The van der Waals surface area contributed by atoms with Gasteiger partial charge >= 0.3 is 0 Å². The second-order valence-electron chi connectivity index (χ2n) is 26.8. The van der Waals surface area contributed by atoms with Crippen LogP contribution >= 0.6 is 0 Å². The minimum Gasteiger partial charge on any atom is -0.497 e. The predicted molar refractivity (Wildman–Crippen MR) is 370 cm³/mol. The number of hydrogen-bond acceptors (Lipinski definition) is 13. The number of hydrogen-bond donors (Lipinski definition) is 8. The lowest BCUT2D eigenvalue weighted by molar-refractivity contribution is -0.146. The zero-order valence-corrected chi connectivity index (χ0v) is 58.0. The van der Waals surface area contributed by atoms with Gasteiger partial charge < -0.3 is 71.3 Å². The van der Waals surface area contributed by atoms with E-state index in [9.17, 15) is 52.7 Å². The lowest BCUT2D eigenvalue weighted by Crippen LogP contribution is -2.61. The van der Waals surface area contributed by atoms with Crippen LogP contribution in [0.5, 0.6) is 5.75 Å². The summed E-state index contributed by atoms with van der Waals surface area (Å²) >= 11 is 0. The van der Waals surface area contributed by atoms with Crippen molar-refractivity contribution in [1.82, 2.24) is 61.8 Å². The van der Waals surface area contributed by atoms with Gasteiger partial charge in [0, 0.05) is 102 Å². The lowest BCUT2D eigenvalue weighted by Gasteiger charge is -2.36. The average molecular weight is 1380 g/mol. The fourth-order valence-corrected chi connectivity index (χ4v) is 13.7. The number of amides is 11. The maximum Gasteiger partial charge on any atom is 0.246 e. The Labute approximate surface area is 582 Å². The molecule has 8 atom stereocenters. The highest BCUT2D eigenvalue weighted by Crippen LogP contribution is 2.32. The molecule has 4 aromatic carbocycles. The molecule has 0 radical (unpaired) electrons. The van der Waals surface area contributed by atoms with E-state index in [1.165, 1.54) is 26.0 Å². The number of ether oxygens (including phenoxy) is 2. The van der Waals surface area contributed by atoms with Crippen molar-refractivity contribution >= 4 is 75.9 Å². The SMILES string of the molecule is CC[C@H](NC(C)=O)C(=O)N[C@@H](Cc1ccc(OC)cc1)C(=O)N1CCC[C@@]1(C)C(=O)NCCc1ccc(CN2CCCCCCn3cc(c4cc(F)ccc43)C[C@@H]3NC(=O)[C@H](Cc4cccc(c4)CNC(=O)CO[C@H]4CCN(C3=O)[C@@H]4C)NC(=O)CNC(=O)[C@H](C)NC(=O)CCC2=O)cc1. The number of likely N-dealkylation sites (tertiary alicyclic amines) is 1. The first kappa shape index (κ1) is 74.5. The molecule has 0 spiro atoms. The molecule has 9 rings (SSSR count). The average Bonchev–Trinajstić information content (AvgIpc) is 1.58. The fourth-order valence-electron chi connectivity index (χ4n) is 13.7. The molecule has 1 aromatic heterocycles. The largest absolute Gasteiger partial charge is 0.497 e. The number of aromatic nitrogens is 1. The predicted octanol–water partition coefficient (Wildman–Crippen LogP) is 3.87. The molecule has 100 heavy (non-hydrogen) atoms. The molecule has 0 saturated carbocycles. The maximum absolute atomic E-state index is 15.3. The van der Waals surface area contributed by atoms with Gasteiger partial charge in [-0.2, -0.15) is 0 Å². The van der Waals surface area contributed by atoms with Crippen LogP contribution in [0, 0.1) is 5.82 Å². The number of fused-ring (bicyclic) bond motifs is 12. The summed E-state index contributed by atoms with van der Waals surface area (Å²) in [7, 11) is 1.55. The van der Waals surface area contributed by atoms with Crippen LogP contribution in [0.4, 0.5) is 4.39 Å². The van der Waals surface area contributed by atoms with E-state index in [0.717, 1.165) is 35.0 Å². The molecule has 4 aliphatic heterocycles. The monoisotopic (exact) mass is 1380 g/mol. The summed E-state index contributed by atoms with van der Waals surface area (Å²) in [6, 6.07) is 20.3. The standard InChI is InChI=1S/C74H95FN12O13/c1-7-58(80-48(4)88)69(94)82-60(37-50-20-23-56(99-6)24-21-50)72(97)87-34-13-30-74(87,5)73(98)76-31-28-49-16-18-51(19-17-49)43-85-33-11-9-8-10-32-84-44-54(57-40-55(75)22-25-62(57)84)39-61-71(96)86-35-29-63(47(86)3)100-45-66(91)77-41-53-15-12-14-52(36-53)38-59(70(95)83-61)81-65(90)42-78-68(93)46(2)79-64(89)26-27-67(85)92/h12,14-25,36,40,44,46-47,58-61,63H,7-11,13,26-35,37-39,41-43,45H2,1-6H3,(H,76,98)(H,77,91)(H,78,93)(H,79,89)(H,80,88)(H,81,90)(H,82,94)(H,83,95)/t46-,47+,58-,59-,60-,61-,63-,74-/m0/s1. The highest BCUT2D eigenvalue weighted by molar-refractivity contribution is 5.98. The van der Waals surface area contributed by atoms with Gasteiger partial charge in [0.2, 0.25) is 65.0 Å². The highest BCUT2D eigenvalue weighted by atomic mass is 19.1. The van der Waals surface area contributed by atoms with Crippen LogP contribution in [-0.2, 0) is 103 Å². The van der Waals surface area contributed by atoms with Gasteiger partial charge in [-0.3, -0.25) is 52.7 Å². The minimum atomic E-state index is -1.29. The summed E-state index contributed by atoms with van der Waals surface area (Å²) in [5.41, 5.74) is 3.90. The maximum atomic E-state index is 15.3. The highest BCUT2D eigenvalue weighted by Gasteiger charge is 2.48. The van der Waals surface area contributed by atoms with Crippen molar-refractivity contribution in [3.63, 3.8) is 0 Å². The molecular weight excluding hydrogens is 1280 g/mol. The van der Waals surface area contributed by atoms with Gasteiger partial charge in [0.1, 0.15) is 53.9 Å². The molecule has 11 amide bonds. The number of carbonyl (C=O) groups excluding carboxylic acids is 11. The number of nitrogens with one attached hydrogen (secondary N) is 8. The van der Waals surface area contributed by atoms with Gasteiger partial charge in [-0.1, -0.05) is 80.4 Å². The Bertz CT molecular complexity index is 3790. The van der Waals surface area contributed by atoms with Crippen molar-refractivity contribution < 1.29 is 66.6 Å². The fraction of sp³-hybridized carbons (Fsp3) is 0.500. The van der Waals surface area contributed by atoms with E-state index in [1.54, 1.807) is 90.3 Å². The number of nitrogens with zero attached hydrogens (tertiary/aromatic N) is 4. The number of halogens is 1. The van der Waals surface area contributed by atoms with E-state index in [2.05, 4.69) is 42.5 Å². The number of methoxy groups -OCH3 is 1. The molecular formula is C74H95FN12O13. The smallest absolute Gasteiger partial charge is 0.246 e. The van der Waals surface area contributed by atoms with Crippen molar-refractivity contribution in [1.29, 1.82) is 0 Å². The summed E-state index contributed by atoms with van der Waals surface area (Å²) in [5.74, 6) is -5.31. The topological polar surface area (TPSA) is 317 Å². The molecule has 25 nitrogen and oxygen atoms in total. The van der Waals surface area contributed by atoms with Crippen LogP contribution in [0.15, 0.2) is 97.2 Å². The summed E-state index contributed by atoms with van der Waals surface area (Å²) in [6.45, 7) is 9.31. The second kappa shape index (κ2) is 34.9. The number of benzene rings is 4. The zero-order valence-electron chi connectivity index (χ0n) is 58.0. The van der Waals surface area contributed by atoms with E-state index in [4.69, 9.17) is 9.47 Å². The molecule has 5 aromatic rings. The first-order chi connectivity index (χ1) is 48.0. The molecule has 8 bridgehead atoms. The normalized spacial score (nSPS) is 22.7. The minimum absolute atomic E-state index is 0.0534. The molecule has 0 aliphatic carbocycles. The van der Waals surface area contributed by atoms with Crippen molar-refractivity contribution in [3.8, 4) is 5.75 Å². The van der Waals surface area contributed by atoms with Gasteiger partial charge in [-0.05, 0) is 129 Å². The van der Waals surface area contributed by atoms with Gasteiger partial charge in [-0.25, -0.2) is 4.39 Å². The van der Waals surface area contributed by atoms with Crippen LogP contribution in [-0.4, -0.2) is 179 Å². The van der Waals surface area contributed by atoms with Gasteiger partial charge in [-0.15, -0.1) is 0 Å². The van der Waals surface area contributed by atoms with Gasteiger partial charge in [0.05, 0.1) is 25.8 Å². The van der Waals surface area contributed by atoms with Crippen molar-refractivity contribution in [2.45, 2.75) is 192 Å². The van der Waals surface area contributed by atoms with Crippen molar-refractivity contribution in [3.05, 3.63) is 136 Å². The third-order valence-corrected chi connectivity index (χ3v) is 19.4. The first-order valence-electron chi connectivity index (χ1n) is 34.9. The summed E-state index contributed by atoms with van der Waals surface area (Å²) in [4.78, 5) is 157. The number of carbonyl (C=O) groups is 11. The van der Waals surface area contributed by atoms with E-state index in [0.29, 0.717) is 92.4 Å². The molecule has 2 fully saturated rings. The van der Waals surface area contributed by atoms with Crippen LogP contribution in [0.2, 0.25) is 0 Å². The first-order valence-corrected chi connectivity index (χ1v) is 34.9. The molecule has 0 unspecified atom stereocenters. The van der Waals surface area contributed by atoms with E-state index >= 15 is 4.39 Å². The molecule has 26 heteroatoms. The summed E-state index contributed by atoms with van der Waals surface area (Å²) in [5, 5.41) is 22.9. The Morgan fingerprint density at radius 2 is 1.45 bits per heavy atom. The summed E-state index contributed by atoms with van der Waals surface area (Å²) < 4.78 is 28.7. The van der Waals surface area contributed by atoms with Crippen LogP contribution in [0.25, 0.3) is 10.9 Å². The quantitative estimate of drug-likeness (QED) is 0.0784. The molecule has 5 heterocycles. The van der Waals surface area contributed by atoms with Crippen LogP contribution in [0.3, 0.4) is 0 Å². The molecule has 4 aliphatic rings. The van der Waals surface area contributed by atoms with E-state index < -0.39 is 102 Å². The van der Waals surface area contributed by atoms with E-state index in [1.807, 2.05) is 42.0 Å². The number of aryl methyl sites for hydroxylation is 1. The van der Waals surface area contributed by atoms with Crippen LogP contribution < -0.4 is 47.3 Å². The zero-order chi connectivity index (χ0) is 71.6. The Hall–Kier alpha value is -9.72. The Morgan fingerprint density at radius 3 is 2.19 bits per heavy atom. The lowest BCUT2D eigenvalue weighted by atomic mass is 9.95. The molecule has 2 saturated heterocycles. The van der Waals surface area contributed by atoms with Crippen molar-refractivity contribution in [2.75, 3.05) is 46.4 Å². The van der Waals surface area contributed by atoms with Crippen molar-refractivity contribution in [2.24, 2.45) is 0 Å². The Balaban J connectivity index is 0.877. The second-order valence-corrected chi connectivity index (χ2v) is 26.8. The third kappa shape index (κ3) is 19.8. The van der Waals surface area contributed by atoms with Gasteiger partial charge in [0.15, 0.2) is 0 Å².